The van der Waals surface area contributed by atoms with Crippen molar-refractivity contribution in [3.05, 3.63) is 18.0 Å². The third-order valence-electron chi connectivity index (χ3n) is 1.42. The normalized spacial score (nSPS) is 27.6. The first-order chi connectivity index (χ1) is 3.93. The molecule has 0 saturated carbocycles. The van der Waals surface area contributed by atoms with Gasteiger partial charge in [-0.25, -0.2) is 6.57 Å². The predicted molar refractivity (Wildman–Crippen MR) is 30.8 cm³/mol. The number of hydrogen-bond donors (Lipinski definition) is 1. The number of nitrogens with one attached hydrogen (secondary N) is 1. The molecule has 0 aromatic carbocycles. The molecule has 0 aromatic heterocycles. The monoisotopic (exact) mass is 110 g/mol. The molecule has 44 valence electrons. The zero-order chi connectivity index (χ0) is 5.82. The third kappa shape index (κ3) is 1.21. The van der Waals surface area contributed by atoms with Crippen molar-refractivity contribution in [2.45, 2.75) is 12.8 Å². The molecule has 1 rings (SSSR count). The molecule has 2 heteroatoms. The Morgan fingerprint density at radius 1 is 1.75 bits per heavy atom. The Bertz CT molecular complexity index is 97.6. The Labute approximate surface area is 49.9 Å². The van der Waals surface area contributed by atoms with Crippen molar-refractivity contribution in [3.63, 3.8) is 0 Å². The van der Waals surface area contributed by atoms with Crippen molar-refractivity contribution in [2.75, 3.05) is 13.2 Å². The predicted octanol–water partition coefficient (Wildman–Crippen LogP) is -0.296. The van der Waals surface area contributed by atoms with Gasteiger partial charge in [-0.15, -0.1) is 13.0 Å². The van der Waals surface area contributed by atoms with E-state index in [9.17, 15) is 0 Å². The van der Waals surface area contributed by atoms with E-state index in [0.717, 1.165) is 0 Å². The molecule has 1 aliphatic rings. The van der Waals surface area contributed by atoms with Gasteiger partial charge in [0.15, 0.2) is 0 Å². The number of rotatable bonds is 1. The number of nitrogens with zero attached hydrogens (tertiary/aromatic N) is 1. The summed E-state index contributed by atoms with van der Waals surface area (Å²) in [5, 5.41) is 0. The van der Waals surface area contributed by atoms with Gasteiger partial charge in [0.25, 0.3) is 0 Å². The number of quaternary nitrogens is 1. The van der Waals surface area contributed by atoms with Crippen molar-refractivity contribution in [3.8, 4) is 0 Å². The molecule has 1 fully saturated rings. The Morgan fingerprint density at radius 2 is 2.62 bits per heavy atom. The minimum absolute atomic E-state index is 0.639. The zero-order valence-corrected chi connectivity index (χ0v) is 4.85. The first kappa shape index (κ1) is 5.58. The van der Waals surface area contributed by atoms with Crippen LogP contribution in [0.2, 0.25) is 0 Å². The highest BCUT2D eigenvalue weighted by Crippen LogP contribution is 1.91. The van der Waals surface area contributed by atoms with Gasteiger partial charge in [-0.05, 0) is 6.42 Å². The maximum Gasteiger partial charge on any atom is 0.314 e. The lowest BCUT2D eigenvalue weighted by molar-refractivity contribution is -0.852. The van der Waals surface area contributed by atoms with E-state index in [1.54, 1.807) is 0 Å². The standard InChI is InChI=1S/C6H10N2/c1-7-6-8-4-2-3-5-8/h4,8H,2-3,5-6H2. The van der Waals surface area contributed by atoms with Gasteiger partial charge in [0.05, 0.1) is 6.54 Å². The molecule has 1 unspecified atom stereocenters. The molecule has 1 N–H and O–H groups in total. The molecule has 0 bridgehead atoms. The molecule has 8 heavy (non-hydrogen) atoms. The smallest absolute Gasteiger partial charge is 0.314 e. The van der Waals surface area contributed by atoms with Gasteiger partial charge in [-0.2, -0.15) is 0 Å². The minimum atomic E-state index is 0.639. The topological polar surface area (TPSA) is 8.80 Å². The van der Waals surface area contributed by atoms with E-state index in [-0.39, 0.29) is 0 Å². The lowest BCUT2D eigenvalue weighted by atomic mass is 10.4. The van der Waals surface area contributed by atoms with Crippen molar-refractivity contribution in [1.29, 1.82) is 0 Å². The fourth-order valence-corrected chi connectivity index (χ4v) is 0.983. The first-order valence-electron chi connectivity index (χ1n) is 2.94. The second-order valence-electron chi connectivity index (χ2n) is 2.07. The maximum atomic E-state index is 6.55. The SMILES string of the molecule is [C-]#[N+]C[NH+]1[CH-]CCC1. The fraction of sp³-hybridized carbons (Fsp3) is 0.667. The summed E-state index contributed by atoms with van der Waals surface area (Å²) in [6, 6.07) is 0. The van der Waals surface area contributed by atoms with E-state index in [2.05, 4.69) is 11.4 Å². The second kappa shape index (κ2) is 2.68. The van der Waals surface area contributed by atoms with Crippen molar-refractivity contribution in [2.24, 2.45) is 0 Å². The quantitative estimate of drug-likeness (QED) is 0.444. The van der Waals surface area contributed by atoms with E-state index in [1.807, 2.05) is 0 Å². The Kier molecular flexibility index (Phi) is 1.87. The number of hydrogen-bond acceptors (Lipinski definition) is 0. The third-order valence-corrected chi connectivity index (χ3v) is 1.42. The number of likely N-dealkylation sites (tertiary alicyclic amines) is 1. The molecule has 1 atom stereocenters. The zero-order valence-electron chi connectivity index (χ0n) is 4.85. The highest BCUT2D eigenvalue weighted by Gasteiger charge is 2.06. The summed E-state index contributed by atoms with van der Waals surface area (Å²) < 4.78 is 0. The van der Waals surface area contributed by atoms with E-state index >= 15 is 0 Å². The molecule has 0 aliphatic carbocycles. The van der Waals surface area contributed by atoms with E-state index in [4.69, 9.17) is 6.57 Å². The lowest BCUT2D eigenvalue weighted by Crippen LogP contribution is -3.07. The molecule has 2 nitrogen and oxygen atoms in total. The van der Waals surface area contributed by atoms with Crippen molar-refractivity contribution < 1.29 is 4.90 Å². The van der Waals surface area contributed by atoms with Crippen LogP contribution in [0.3, 0.4) is 0 Å². The van der Waals surface area contributed by atoms with Gasteiger partial charge in [-0.1, -0.05) is 0 Å². The summed E-state index contributed by atoms with van der Waals surface area (Å²) in [4.78, 5) is 4.65. The van der Waals surface area contributed by atoms with Crippen LogP contribution in [0, 0.1) is 13.1 Å². The van der Waals surface area contributed by atoms with Gasteiger partial charge in [0.1, 0.15) is 0 Å². The van der Waals surface area contributed by atoms with Crippen LogP contribution in [0.15, 0.2) is 0 Å². The van der Waals surface area contributed by atoms with E-state index in [0.29, 0.717) is 6.67 Å². The molecule has 0 radical (unpaired) electrons. The molecular weight excluding hydrogens is 100 g/mol. The van der Waals surface area contributed by atoms with Crippen LogP contribution in [0.4, 0.5) is 0 Å². The summed E-state index contributed by atoms with van der Waals surface area (Å²) >= 11 is 0. The summed E-state index contributed by atoms with van der Waals surface area (Å²) in [7, 11) is 0. The molecular formula is C6H10N2. The van der Waals surface area contributed by atoms with Gasteiger partial charge in [-0.3, -0.25) is 4.85 Å². The Morgan fingerprint density at radius 3 is 3.12 bits per heavy atom. The summed E-state index contributed by atoms with van der Waals surface area (Å²) in [5.74, 6) is 0. The highest BCUT2D eigenvalue weighted by molar-refractivity contribution is 4.58. The molecule has 1 saturated heterocycles. The van der Waals surface area contributed by atoms with Gasteiger partial charge in [0, 0.05) is 0 Å². The van der Waals surface area contributed by atoms with Crippen molar-refractivity contribution >= 4 is 0 Å². The molecule has 0 spiro atoms. The molecule has 0 amide bonds. The van der Waals surface area contributed by atoms with Gasteiger partial charge < -0.3 is 4.90 Å². The molecule has 1 heterocycles. The van der Waals surface area contributed by atoms with E-state index < -0.39 is 0 Å². The average molecular weight is 110 g/mol. The van der Waals surface area contributed by atoms with Crippen molar-refractivity contribution in [1.82, 2.24) is 0 Å². The van der Waals surface area contributed by atoms with Crippen LogP contribution in [-0.4, -0.2) is 13.2 Å². The summed E-state index contributed by atoms with van der Waals surface area (Å²) in [6.07, 6.45) is 2.47. The largest absolute Gasteiger partial charge is 0.398 e. The van der Waals surface area contributed by atoms with Crippen LogP contribution in [0.25, 0.3) is 4.85 Å². The van der Waals surface area contributed by atoms with Crippen LogP contribution >= 0.6 is 0 Å². The van der Waals surface area contributed by atoms with Crippen LogP contribution in [0.5, 0.6) is 0 Å². The second-order valence-corrected chi connectivity index (χ2v) is 2.07. The van der Waals surface area contributed by atoms with Crippen LogP contribution < -0.4 is 4.90 Å². The van der Waals surface area contributed by atoms with E-state index in [1.165, 1.54) is 24.3 Å². The van der Waals surface area contributed by atoms with Gasteiger partial charge >= 0.3 is 6.67 Å². The molecule has 1 aliphatic heterocycles. The van der Waals surface area contributed by atoms with Crippen LogP contribution in [0.1, 0.15) is 12.8 Å². The first-order valence-corrected chi connectivity index (χ1v) is 2.94. The van der Waals surface area contributed by atoms with Gasteiger partial charge in [0.2, 0.25) is 0 Å². The minimum Gasteiger partial charge on any atom is -0.398 e. The molecule has 0 aromatic rings. The van der Waals surface area contributed by atoms with Crippen LogP contribution in [-0.2, 0) is 0 Å². The maximum absolute atomic E-state index is 6.55. The lowest BCUT2D eigenvalue weighted by Gasteiger charge is -2.10. The fourth-order valence-electron chi connectivity index (χ4n) is 0.983. The highest BCUT2D eigenvalue weighted by atomic mass is 15.2. The Hall–Kier alpha value is -0.550. The average Bonchev–Trinajstić information content (AvgIpc) is 2.19. The summed E-state index contributed by atoms with van der Waals surface area (Å²) in [6.45, 7) is 10.6. The summed E-state index contributed by atoms with van der Waals surface area (Å²) in [5.41, 5.74) is 0. The Balaban J connectivity index is 2.17.